The van der Waals surface area contributed by atoms with Gasteiger partial charge in [0.15, 0.2) is 11.5 Å². The summed E-state index contributed by atoms with van der Waals surface area (Å²) < 4.78 is 13.1. The van der Waals surface area contributed by atoms with Gasteiger partial charge in [-0.2, -0.15) is 0 Å². The molecule has 5 aliphatic rings. The van der Waals surface area contributed by atoms with Gasteiger partial charge >= 0.3 is 0 Å². The fourth-order valence-corrected chi connectivity index (χ4v) is 14.9. The van der Waals surface area contributed by atoms with Gasteiger partial charge in [0.2, 0.25) is 0 Å². The molecule has 0 spiro atoms. The highest BCUT2D eigenvalue weighted by atomic mass is 16.6. The largest absolute Gasteiger partial charge is 0.486 e. The molecule has 5 nitrogen and oxygen atoms in total. The van der Waals surface area contributed by atoms with Crippen LogP contribution in [0.4, 0.5) is 51.2 Å². The van der Waals surface area contributed by atoms with E-state index in [1.54, 1.807) is 0 Å². The first-order valence-corrected chi connectivity index (χ1v) is 30.4. The van der Waals surface area contributed by atoms with Gasteiger partial charge < -0.3 is 24.2 Å². The first-order chi connectivity index (χ1) is 40.1. The minimum absolute atomic E-state index is 0.0251. The summed E-state index contributed by atoms with van der Waals surface area (Å²) in [4.78, 5) is 7.74. The fraction of sp³-hybridized carbons (Fsp3) is 0.256. The molecule has 0 amide bonds. The summed E-state index contributed by atoms with van der Waals surface area (Å²) in [7, 11) is 0. The number of hydrogen-bond donors (Lipinski definition) is 0. The Morgan fingerprint density at radius 3 is 1.52 bits per heavy atom. The quantitative estimate of drug-likeness (QED) is 0.160. The third-order valence-electron chi connectivity index (χ3n) is 19.5. The van der Waals surface area contributed by atoms with Crippen LogP contribution in [0.2, 0.25) is 0 Å². The molecule has 10 aromatic rings. The monoisotopic (exact) mass is 1100 g/mol. The molecule has 3 aliphatic heterocycles. The molecule has 0 bridgehead atoms. The first-order valence-electron chi connectivity index (χ1n) is 30.4. The highest BCUT2D eigenvalue weighted by Gasteiger charge is 2.47. The van der Waals surface area contributed by atoms with Crippen molar-refractivity contribution < 1.29 is 9.47 Å². The number of nitrogens with zero attached hydrogens (tertiary/aromatic N) is 3. The summed E-state index contributed by atoms with van der Waals surface area (Å²) in [6.45, 7) is 31.3. The van der Waals surface area contributed by atoms with Crippen molar-refractivity contribution in [3.05, 3.63) is 227 Å². The Morgan fingerprint density at radius 1 is 0.405 bits per heavy atom. The molecule has 0 aromatic heterocycles. The Hall–Kier alpha value is -8.48. The number of benzene rings is 10. The number of fused-ring (bicyclic) bond motifs is 13. The molecule has 0 unspecified atom stereocenters. The summed E-state index contributed by atoms with van der Waals surface area (Å²) in [6.07, 6.45) is 0. The average molecular weight is 1100 g/mol. The van der Waals surface area contributed by atoms with Crippen LogP contribution in [0.1, 0.15) is 129 Å². The summed E-state index contributed by atoms with van der Waals surface area (Å²) in [5.41, 5.74) is 27.6. The van der Waals surface area contributed by atoms with Crippen molar-refractivity contribution in [1.29, 1.82) is 0 Å². The second-order valence-electron chi connectivity index (χ2n) is 28.4. The first kappa shape index (κ1) is 52.3. The Balaban J connectivity index is 1.09. The molecule has 84 heavy (non-hydrogen) atoms. The lowest BCUT2D eigenvalue weighted by Gasteiger charge is -2.45. The lowest BCUT2D eigenvalue weighted by molar-refractivity contribution is 0.172. The zero-order valence-corrected chi connectivity index (χ0v) is 51.0. The van der Waals surface area contributed by atoms with E-state index in [4.69, 9.17) is 9.47 Å². The van der Waals surface area contributed by atoms with Crippen molar-refractivity contribution in [2.24, 2.45) is 0 Å². The van der Waals surface area contributed by atoms with Crippen molar-refractivity contribution in [3.63, 3.8) is 0 Å². The second-order valence-corrected chi connectivity index (χ2v) is 28.4. The smallest absolute Gasteiger partial charge is 0.252 e. The molecule has 0 radical (unpaired) electrons. The van der Waals surface area contributed by atoms with Gasteiger partial charge in [-0.3, -0.25) is 0 Å². The molecular weight excluding hydrogens is 1020 g/mol. The third-order valence-corrected chi connectivity index (χ3v) is 19.5. The van der Waals surface area contributed by atoms with Gasteiger partial charge in [-0.25, -0.2) is 0 Å². The molecule has 0 saturated heterocycles. The zero-order valence-electron chi connectivity index (χ0n) is 51.0. The fourth-order valence-electron chi connectivity index (χ4n) is 14.9. The van der Waals surface area contributed by atoms with Crippen LogP contribution in [0, 0.1) is 0 Å². The van der Waals surface area contributed by atoms with E-state index in [0.717, 1.165) is 57.0 Å². The molecule has 2 aliphatic carbocycles. The summed E-state index contributed by atoms with van der Waals surface area (Å²) >= 11 is 0. The van der Waals surface area contributed by atoms with Crippen LogP contribution in [-0.4, -0.2) is 19.9 Å². The lowest BCUT2D eigenvalue weighted by Crippen LogP contribution is -2.61. The zero-order chi connectivity index (χ0) is 58.1. The molecular formula is C78H74BN3O2. The minimum Gasteiger partial charge on any atom is -0.486 e. The SMILES string of the molecule is CC(C)(C)c1ccc(N2c3ccc(C(C)(C)C)cc3B3c4cc5c(cc4N(c4ccc(C(C)(C)C)cc4)c4cc(N(c6ccc7c(c6)C(C)(C)c6ccccc6-7)c6cc7c(c8ccccc68)-c6ccccc6C7(C)C)cc2c43)OCCO5)cc1. The highest BCUT2D eigenvalue weighted by Crippen LogP contribution is 2.58. The van der Waals surface area contributed by atoms with Gasteiger partial charge in [-0.1, -0.05) is 205 Å². The average Bonchev–Trinajstić information content (AvgIpc) is 0.939. The van der Waals surface area contributed by atoms with Gasteiger partial charge in [-0.15, -0.1) is 0 Å². The Morgan fingerprint density at radius 2 is 0.905 bits per heavy atom. The topological polar surface area (TPSA) is 28.2 Å². The number of ether oxygens (including phenoxy) is 2. The van der Waals surface area contributed by atoms with Crippen LogP contribution in [-0.2, 0) is 27.1 Å². The van der Waals surface area contributed by atoms with E-state index in [0.29, 0.717) is 13.2 Å². The van der Waals surface area contributed by atoms with E-state index in [1.807, 2.05) is 0 Å². The van der Waals surface area contributed by atoms with E-state index in [9.17, 15) is 0 Å². The van der Waals surface area contributed by atoms with Crippen LogP contribution < -0.4 is 40.6 Å². The maximum absolute atomic E-state index is 6.58. The minimum atomic E-state index is -0.261. The van der Waals surface area contributed by atoms with Crippen molar-refractivity contribution in [1.82, 2.24) is 0 Å². The number of hydrogen-bond acceptors (Lipinski definition) is 5. The van der Waals surface area contributed by atoms with Crippen LogP contribution in [0.25, 0.3) is 33.0 Å². The van der Waals surface area contributed by atoms with Crippen molar-refractivity contribution in [3.8, 4) is 33.8 Å². The second kappa shape index (κ2) is 18.0. The molecule has 0 fully saturated rings. The maximum Gasteiger partial charge on any atom is 0.252 e. The third kappa shape index (κ3) is 7.74. The predicted molar refractivity (Wildman–Crippen MR) is 355 cm³/mol. The lowest BCUT2D eigenvalue weighted by atomic mass is 9.33. The van der Waals surface area contributed by atoms with E-state index < -0.39 is 0 Å². The standard InChI is InChI=1S/C78H74BN3O2/c1-74(2,3)47-26-31-50(32-27-47)81-65-37-30-49(76(7,8)9)40-63(65)79-64-45-70-71(84-39-38-83-70)46-67(64)82(51-33-28-48(29-34-51)75(4,5)6)69-43-53(42-68(81)73(69)79)80(52-35-36-55-54-20-16-18-24-59(54)77(10,11)61(55)41-52)66-44-62-72(57-22-15-14-21-56(57)66)58-23-17-19-25-60(58)78(62,12)13/h14-37,40-46H,38-39H2,1-13H3. The van der Waals surface area contributed by atoms with E-state index in [1.165, 1.54) is 94.0 Å². The van der Waals surface area contributed by atoms with Gasteiger partial charge in [0, 0.05) is 62.1 Å². The molecule has 3 heterocycles. The van der Waals surface area contributed by atoms with E-state index in [-0.39, 0.29) is 33.8 Å². The molecule has 416 valence electrons. The van der Waals surface area contributed by atoms with Gasteiger partial charge in [-0.05, 0) is 166 Å². The van der Waals surface area contributed by atoms with E-state index >= 15 is 0 Å². The molecule has 0 N–H and O–H groups in total. The molecule has 15 rings (SSSR count). The summed E-state index contributed by atoms with van der Waals surface area (Å²) in [5.74, 6) is 1.56. The molecule has 0 saturated carbocycles. The Labute approximate surface area is 497 Å². The highest BCUT2D eigenvalue weighted by molar-refractivity contribution is 7.00. The molecule has 0 atom stereocenters. The Bertz CT molecular complexity index is 4400. The molecule has 10 aromatic carbocycles. The van der Waals surface area contributed by atoms with Gasteiger partial charge in [0.25, 0.3) is 6.71 Å². The van der Waals surface area contributed by atoms with Crippen molar-refractivity contribution >= 4 is 85.1 Å². The van der Waals surface area contributed by atoms with Gasteiger partial charge in [0.05, 0.1) is 11.4 Å². The predicted octanol–water partition coefficient (Wildman–Crippen LogP) is 18.7. The van der Waals surface area contributed by atoms with Crippen LogP contribution >= 0.6 is 0 Å². The van der Waals surface area contributed by atoms with Crippen molar-refractivity contribution in [2.75, 3.05) is 27.9 Å². The van der Waals surface area contributed by atoms with Crippen LogP contribution in [0.5, 0.6) is 11.5 Å². The number of anilines is 9. The normalized spacial score (nSPS) is 15.7. The van der Waals surface area contributed by atoms with E-state index in [2.05, 4.69) is 293 Å². The molecule has 6 heteroatoms. The van der Waals surface area contributed by atoms with Crippen LogP contribution in [0.15, 0.2) is 188 Å². The number of rotatable bonds is 5. The van der Waals surface area contributed by atoms with Gasteiger partial charge in [0.1, 0.15) is 13.2 Å². The summed E-state index contributed by atoms with van der Waals surface area (Å²) in [5, 5.41) is 2.46. The maximum atomic E-state index is 6.58. The van der Waals surface area contributed by atoms with Crippen molar-refractivity contribution in [2.45, 2.75) is 117 Å². The van der Waals surface area contributed by atoms with Crippen LogP contribution in [0.3, 0.4) is 0 Å². The summed E-state index contributed by atoms with van der Waals surface area (Å²) in [6, 6.07) is 72.8. The Kier molecular flexibility index (Phi) is 11.2.